The molecule has 2 aromatic rings. The molecule has 0 spiro atoms. The highest BCUT2D eigenvalue weighted by molar-refractivity contribution is 6.30. The van der Waals surface area contributed by atoms with E-state index in [9.17, 15) is 0 Å². The van der Waals surface area contributed by atoms with Crippen molar-refractivity contribution in [3.8, 4) is 23.7 Å². The first-order valence-corrected chi connectivity index (χ1v) is 6.04. The molecule has 0 saturated heterocycles. The van der Waals surface area contributed by atoms with Crippen LogP contribution >= 0.6 is 11.6 Å². The van der Waals surface area contributed by atoms with Crippen LogP contribution in [0.5, 0.6) is 5.75 Å². The molecule has 0 radical (unpaired) electrons. The topological polar surface area (TPSA) is 33.0 Å². The van der Waals surface area contributed by atoms with E-state index < -0.39 is 0 Å². The Balaban J connectivity index is 2.03. The maximum absolute atomic E-state index is 8.93. The van der Waals surface area contributed by atoms with Crippen LogP contribution in [-0.2, 0) is 0 Å². The molecule has 0 unspecified atom stereocenters. The van der Waals surface area contributed by atoms with Gasteiger partial charge < -0.3 is 4.74 Å². The quantitative estimate of drug-likeness (QED) is 0.778. The molecule has 92 valence electrons. The van der Waals surface area contributed by atoms with Gasteiger partial charge in [-0.3, -0.25) is 0 Å². The Morgan fingerprint density at radius 2 is 1.89 bits per heavy atom. The Kier molecular flexibility index (Phi) is 4.45. The third kappa shape index (κ3) is 3.78. The zero-order valence-electron chi connectivity index (χ0n) is 10.1. The normalized spacial score (nSPS) is 9.05. The molecule has 0 heterocycles. The van der Waals surface area contributed by atoms with E-state index in [0.717, 1.165) is 5.56 Å². The van der Waals surface area contributed by atoms with E-state index in [-0.39, 0.29) is 6.61 Å². The number of nitriles is 1. The van der Waals surface area contributed by atoms with Crippen LogP contribution < -0.4 is 4.74 Å². The third-order valence-electron chi connectivity index (χ3n) is 2.37. The summed E-state index contributed by atoms with van der Waals surface area (Å²) in [4.78, 5) is 0. The van der Waals surface area contributed by atoms with Crippen LogP contribution in [0.25, 0.3) is 0 Å². The van der Waals surface area contributed by atoms with Crippen LogP contribution in [0.3, 0.4) is 0 Å². The summed E-state index contributed by atoms with van der Waals surface area (Å²) >= 11 is 5.86. The van der Waals surface area contributed by atoms with Crippen molar-refractivity contribution in [1.29, 1.82) is 5.26 Å². The van der Waals surface area contributed by atoms with Crippen molar-refractivity contribution in [2.24, 2.45) is 0 Å². The Hall–Kier alpha value is -2.42. The molecule has 3 heteroatoms. The van der Waals surface area contributed by atoms with Gasteiger partial charge in [0.15, 0.2) is 0 Å². The van der Waals surface area contributed by atoms with Gasteiger partial charge in [-0.15, -0.1) is 0 Å². The Labute approximate surface area is 117 Å². The van der Waals surface area contributed by atoms with Crippen molar-refractivity contribution in [3.05, 3.63) is 64.7 Å². The minimum atomic E-state index is 0.212. The minimum Gasteiger partial charge on any atom is -0.479 e. The molecule has 0 bridgehead atoms. The molecule has 0 aromatic heterocycles. The molecular weight excluding hydrogens is 258 g/mol. The lowest BCUT2D eigenvalue weighted by molar-refractivity contribution is 0.369. The van der Waals surface area contributed by atoms with Gasteiger partial charge in [0.2, 0.25) is 0 Å². The molecule has 0 atom stereocenters. The van der Waals surface area contributed by atoms with E-state index >= 15 is 0 Å². The summed E-state index contributed by atoms with van der Waals surface area (Å²) in [6.07, 6.45) is 0. The molecule has 2 nitrogen and oxygen atoms in total. The van der Waals surface area contributed by atoms with E-state index in [1.165, 1.54) is 0 Å². The third-order valence-corrected chi connectivity index (χ3v) is 2.61. The van der Waals surface area contributed by atoms with Gasteiger partial charge in [0.05, 0.1) is 5.56 Å². The van der Waals surface area contributed by atoms with Crippen LogP contribution in [0.15, 0.2) is 48.5 Å². The zero-order chi connectivity index (χ0) is 13.5. The molecule has 0 aliphatic carbocycles. The molecular formula is C16H10ClNO. The maximum Gasteiger partial charge on any atom is 0.149 e. The lowest BCUT2D eigenvalue weighted by atomic mass is 10.2. The number of ether oxygens (including phenoxy) is 1. The molecule has 0 N–H and O–H groups in total. The standard InChI is InChI=1S/C16H10ClNO/c17-15-9-8-14(12-18)16(11-15)19-10-4-7-13-5-2-1-3-6-13/h1-3,5-6,8-9,11H,10H2. The molecule has 0 saturated carbocycles. The van der Waals surface area contributed by atoms with Gasteiger partial charge in [0, 0.05) is 16.7 Å². The lowest BCUT2D eigenvalue weighted by Gasteiger charge is -2.04. The summed E-state index contributed by atoms with van der Waals surface area (Å²) in [5.41, 5.74) is 1.38. The molecule has 0 aliphatic heterocycles. The van der Waals surface area contributed by atoms with Crippen molar-refractivity contribution in [3.63, 3.8) is 0 Å². The lowest BCUT2D eigenvalue weighted by Crippen LogP contribution is -1.96. The molecule has 0 amide bonds. The first kappa shape index (κ1) is 13.0. The van der Waals surface area contributed by atoms with E-state index in [2.05, 4.69) is 11.8 Å². The summed E-state index contributed by atoms with van der Waals surface area (Å²) in [7, 11) is 0. The highest BCUT2D eigenvalue weighted by Crippen LogP contribution is 2.22. The fourth-order valence-corrected chi connectivity index (χ4v) is 1.64. The second-order valence-corrected chi connectivity index (χ2v) is 4.15. The molecule has 19 heavy (non-hydrogen) atoms. The van der Waals surface area contributed by atoms with Crippen molar-refractivity contribution in [2.75, 3.05) is 6.61 Å². The average molecular weight is 268 g/mol. The minimum absolute atomic E-state index is 0.212. The second-order valence-electron chi connectivity index (χ2n) is 3.71. The van der Waals surface area contributed by atoms with Crippen molar-refractivity contribution in [1.82, 2.24) is 0 Å². The predicted molar refractivity (Wildman–Crippen MR) is 75.0 cm³/mol. The number of nitrogens with zero attached hydrogens (tertiary/aromatic N) is 1. The summed E-state index contributed by atoms with van der Waals surface area (Å²) in [5, 5.41) is 9.47. The highest BCUT2D eigenvalue weighted by Gasteiger charge is 2.02. The largest absolute Gasteiger partial charge is 0.479 e. The van der Waals surface area contributed by atoms with Gasteiger partial charge in [-0.1, -0.05) is 41.6 Å². The Morgan fingerprint density at radius 3 is 2.63 bits per heavy atom. The van der Waals surface area contributed by atoms with E-state index in [0.29, 0.717) is 16.3 Å². The maximum atomic E-state index is 8.93. The fourth-order valence-electron chi connectivity index (χ4n) is 1.48. The number of benzene rings is 2. The first-order chi connectivity index (χ1) is 9.29. The smallest absolute Gasteiger partial charge is 0.149 e. The average Bonchev–Trinajstić information content (AvgIpc) is 2.45. The monoisotopic (exact) mass is 267 g/mol. The van der Waals surface area contributed by atoms with Crippen molar-refractivity contribution >= 4 is 11.6 Å². The number of rotatable bonds is 2. The summed E-state index contributed by atoms with van der Waals surface area (Å²) in [6.45, 7) is 0.212. The predicted octanol–water partition coefficient (Wildman–Crippen LogP) is 3.64. The molecule has 2 rings (SSSR count). The first-order valence-electron chi connectivity index (χ1n) is 5.66. The molecule has 0 fully saturated rings. The van der Waals surface area contributed by atoms with Gasteiger partial charge in [-0.2, -0.15) is 5.26 Å². The highest BCUT2D eigenvalue weighted by atomic mass is 35.5. The van der Waals surface area contributed by atoms with Crippen LogP contribution in [0, 0.1) is 23.2 Å². The van der Waals surface area contributed by atoms with Gasteiger partial charge in [-0.25, -0.2) is 0 Å². The van der Waals surface area contributed by atoms with Gasteiger partial charge in [0.1, 0.15) is 18.4 Å². The number of hydrogen-bond acceptors (Lipinski definition) is 2. The Bertz CT molecular complexity index is 663. The van der Waals surface area contributed by atoms with Crippen LogP contribution in [0.2, 0.25) is 5.02 Å². The van der Waals surface area contributed by atoms with E-state index in [1.807, 2.05) is 36.4 Å². The summed E-state index contributed by atoms with van der Waals surface area (Å²) in [6, 6.07) is 16.6. The molecule has 2 aromatic carbocycles. The van der Waals surface area contributed by atoms with Crippen LogP contribution in [0.4, 0.5) is 0 Å². The number of hydrogen-bond donors (Lipinski definition) is 0. The van der Waals surface area contributed by atoms with Crippen LogP contribution in [0.1, 0.15) is 11.1 Å². The SMILES string of the molecule is N#Cc1ccc(Cl)cc1OCC#Cc1ccccc1. The van der Waals surface area contributed by atoms with Crippen LogP contribution in [-0.4, -0.2) is 6.61 Å². The van der Waals surface area contributed by atoms with Crippen molar-refractivity contribution in [2.45, 2.75) is 0 Å². The van der Waals surface area contributed by atoms with Crippen molar-refractivity contribution < 1.29 is 4.74 Å². The van der Waals surface area contributed by atoms with Gasteiger partial charge in [-0.05, 0) is 24.3 Å². The van der Waals surface area contributed by atoms with E-state index in [1.54, 1.807) is 18.2 Å². The Morgan fingerprint density at radius 1 is 1.11 bits per heavy atom. The van der Waals surface area contributed by atoms with E-state index in [4.69, 9.17) is 21.6 Å². The number of halogens is 1. The van der Waals surface area contributed by atoms with Gasteiger partial charge >= 0.3 is 0 Å². The van der Waals surface area contributed by atoms with Gasteiger partial charge in [0.25, 0.3) is 0 Å². The molecule has 0 aliphatic rings. The fraction of sp³-hybridized carbons (Fsp3) is 0.0625. The zero-order valence-corrected chi connectivity index (χ0v) is 10.8. The summed E-state index contributed by atoms with van der Waals surface area (Å²) < 4.78 is 5.45. The second kappa shape index (κ2) is 6.50. The summed E-state index contributed by atoms with van der Waals surface area (Å²) in [5.74, 6) is 6.33.